The lowest BCUT2D eigenvalue weighted by Crippen LogP contribution is -2.31. The first-order valence-electron chi connectivity index (χ1n) is 7.64. The standard InChI is InChI=1S/C16H21N3O2S/c1-3-18-15(10-11-17-18)16-5-4-12-19(16)22(20,21)14-8-6-13(2)7-9-14/h6-11,16H,3-5,12H2,1-2H3/t16-/m0/s1. The number of aromatic nitrogens is 2. The second kappa shape index (κ2) is 5.85. The minimum atomic E-state index is -3.46. The van der Waals surface area contributed by atoms with E-state index >= 15 is 0 Å². The third-order valence-corrected chi connectivity index (χ3v) is 6.14. The smallest absolute Gasteiger partial charge is 0.243 e. The van der Waals surface area contributed by atoms with Crippen LogP contribution in [0.2, 0.25) is 0 Å². The lowest BCUT2D eigenvalue weighted by atomic mass is 10.1. The van der Waals surface area contributed by atoms with Gasteiger partial charge in [0.05, 0.1) is 16.6 Å². The summed E-state index contributed by atoms with van der Waals surface area (Å²) in [6.07, 6.45) is 3.47. The second-order valence-electron chi connectivity index (χ2n) is 5.66. The van der Waals surface area contributed by atoms with Gasteiger partial charge in [-0.3, -0.25) is 4.68 Å². The van der Waals surface area contributed by atoms with Crippen LogP contribution >= 0.6 is 0 Å². The molecule has 6 heteroatoms. The molecule has 0 bridgehead atoms. The van der Waals surface area contributed by atoms with Crippen LogP contribution in [0.25, 0.3) is 0 Å². The van der Waals surface area contributed by atoms with Crippen molar-refractivity contribution in [1.82, 2.24) is 14.1 Å². The number of hydrogen-bond acceptors (Lipinski definition) is 3. The van der Waals surface area contributed by atoms with Gasteiger partial charge >= 0.3 is 0 Å². The zero-order chi connectivity index (χ0) is 15.7. The van der Waals surface area contributed by atoms with Gasteiger partial charge in [0.15, 0.2) is 0 Å². The molecule has 0 N–H and O–H groups in total. The van der Waals surface area contributed by atoms with Crippen LogP contribution in [-0.4, -0.2) is 29.0 Å². The van der Waals surface area contributed by atoms with E-state index in [1.807, 2.05) is 36.7 Å². The van der Waals surface area contributed by atoms with E-state index < -0.39 is 10.0 Å². The van der Waals surface area contributed by atoms with Gasteiger partial charge in [-0.25, -0.2) is 8.42 Å². The van der Waals surface area contributed by atoms with E-state index in [0.717, 1.165) is 30.6 Å². The summed E-state index contributed by atoms with van der Waals surface area (Å²) in [7, 11) is -3.46. The van der Waals surface area contributed by atoms with Crippen molar-refractivity contribution in [2.45, 2.75) is 44.2 Å². The molecule has 1 aromatic carbocycles. The van der Waals surface area contributed by atoms with Gasteiger partial charge in [0, 0.05) is 19.3 Å². The van der Waals surface area contributed by atoms with E-state index in [1.54, 1.807) is 22.6 Å². The van der Waals surface area contributed by atoms with Crippen molar-refractivity contribution >= 4 is 10.0 Å². The molecule has 0 unspecified atom stereocenters. The molecule has 2 aromatic rings. The molecule has 3 rings (SSSR count). The quantitative estimate of drug-likeness (QED) is 0.870. The summed E-state index contributed by atoms with van der Waals surface area (Å²) in [6, 6.07) is 8.88. The Kier molecular flexibility index (Phi) is 4.06. The Bertz CT molecular complexity index is 750. The number of nitrogens with zero attached hydrogens (tertiary/aromatic N) is 3. The molecule has 0 saturated carbocycles. The Labute approximate surface area is 131 Å². The Morgan fingerprint density at radius 1 is 1.23 bits per heavy atom. The molecule has 22 heavy (non-hydrogen) atoms. The van der Waals surface area contributed by atoms with Gasteiger partial charge in [-0.1, -0.05) is 17.7 Å². The van der Waals surface area contributed by atoms with Crippen LogP contribution < -0.4 is 0 Å². The monoisotopic (exact) mass is 319 g/mol. The van der Waals surface area contributed by atoms with Crippen LogP contribution in [0, 0.1) is 6.92 Å². The van der Waals surface area contributed by atoms with Crippen LogP contribution in [0.5, 0.6) is 0 Å². The maximum absolute atomic E-state index is 12.9. The van der Waals surface area contributed by atoms with Crippen molar-refractivity contribution < 1.29 is 8.42 Å². The van der Waals surface area contributed by atoms with E-state index in [-0.39, 0.29) is 6.04 Å². The average molecular weight is 319 g/mol. The third kappa shape index (κ3) is 2.57. The zero-order valence-corrected chi connectivity index (χ0v) is 13.8. The first-order valence-corrected chi connectivity index (χ1v) is 9.08. The maximum atomic E-state index is 12.9. The predicted molar refractivity (Wildman–Crippen MR) is 84.9 cm³/mol. The van der Waals surface area contributed by atoms with Gasteiger partial charge in [0.25, 0.3) is 0 Å². The molecule has 2 heterocycles. The van der Waals surface area contributed by atoms with E-state index in [2.05, 4.69) is 5.10 Å². The molecular weight excluding hydrogens is 298 g/mol. The molecular formula is C16H21N3O2S. The van der Waals surface area contributed by atoms with Crippen molar-refractivity contribution in [3.05, 3.63) is 47.8 Å². The van der Waals surface area contributed by atoms with Crippen molar-refractivity contribution in [3.63, 3.8) is 0 Å². The molecule has 0 radical (unpaired) electrons. The molecule has 1 atom stereocenters. The molecule has 5 nitrogen and oxygen atoms in total. The first-order chi connectivity index (χ1) is 10.5. The zero-order valence-electron chi connectivity index (χ0n) is 12.9. The van der Waals surface area contributed by atoms with Gasteiger partial charge in [0.1, 0.15) is 0 Å². The van der Waals surface area contributed by atoms with E-state index in [9.17, 15) is 8.42 Å². The molecule has 118 valence electrons. The molecule has 1 fully saturated rings. The van der Waals surface area contributed by atoms with Crippen LogP contribution in [0.15, 0.2) is 41.4 Å². The van der Waals surface area contributed by atoms with Crippen molar-refractivity contribution in [2.75, 3.05) is 6.54 Å². The second-order valence-corrected chi connectivity index (χ2v) is 7.55. The maximum Gasteiger partial charge on any atom is 0.243 e. The summed E-state index contributed by atoms with van der Waals surface area (Å²) in [5.74, 6) is 0. The van der Waals surface area contributed by atoms with Crippen LogP contribution in [0.3, 0.4) is 0 Å². The largest absolute Gasteiger partial charge is 0.268 e. The summed E-state index contributed by atoms with van der Waals surface area (Å²) in [5, 5.41) is 4.28. The molecule has 1 aromatic heterocycles. The molecule has 0 spiro atoms. The van der Waals surface area contributed by atoms with Crippen molar-refractivity contribution in [3.8, 4) is 0 Å². The van der Waals surface area contributed by atoms with Gasteiger partial charge in [0.2, 0.25) is 10.0 Å². The average Bonchev–Trinajstić information content (AvgIpc) is 3.16. The van der Waals surface area contributed by atoms with Gasteiger partial charge in [-0.2, -0.15) is 9.40 Å². The normalized spacial score (nSPS) is 19.6. The SMILES string of the molecule is CCn1nccc1[C@@H]1CCCN1S(=O)(=O)c1ccc(C)cc1. The van der Waals surface area contributed by atoms with Crippen LogP contribution in [-0.2, 0) is 16.6 Å². The fourth-order valence-corrected chi connectivity index (χ4v) is 4.73. The van der Waals surface area contributed by atoms with Gasteiger partial charge in [-0.15, -0.1) is 0 Å². The highest BCUT2D eigenvalue weighted by Crippen LogP contribution is 2.36. The van der Waals surface area contributed by atoms with E-state index in [1.165, 1.54) is 0 Å². The molecule has 1 aliphatic rings. The molecule has 1 saturated heterocycles. The number of hydrogen-bond donors (Lipinski definition) is 0. The van der Waals surface area contributed by atoms with Crippen molar-refractivity contribution in [2.24, 2.45) is 0 Å². The van der Waals surface area contributed by atoms with E-state index in [4.69, 9.17) is 0 Å². The predicted octanol–water partition coefficient (Wildman–Crippen LogP) is 2.74. The third-order valence-electron chi connectivity index (χ3n) is 4.22. The highest BCUT2D eigenvalue weighted by atomic mass is 32.2. The molecule has 0 aliphatic carbocycles. The Hall–Kier alpha value is -1.66. The summed E-state index contributed by atoms with van der Waals surface area (Å²) < 4.78 is 29.4. The number of sulfonamides is 1. The van der Waals surface area contributed by atoms with Crippen LogP contribution in [0.4, 0.5) is 0 Å². The Morgan fingerprint density at radius 3 is 2.64 bits per heavy atom. The highest BCUT2D eigenvalue weighted by Gasteiger charge is 2.37. The Morgan fingerprint density at radius 2 is 1.95 bits per heavy atom. The fraction of sp³-hybridized carbons (Fsp3) is 0.438. The van der Waals surface area contributed by atoms with Gasteiger partial charge < -0.3 is 0 Å². The summed E-state index contributed by atoms with van der Waals surface area (Å²) in [6.45, 7) is 5.28. The number of benzene rings is 1. The Balaban J connectivity index is 1.97. The minimum absolute atomic E-state index is 0.117. The minimum Gasteiger partial charge on any atom is -0.268 e. The van der Waals surface area contributed by atoms with E-state index in [0.29, 0.717) is 11.4 Å². The topological polar surface area (TPSA) is 55.2 Å². The summed E-state index contributed by atoms with van der Waals surface area (Å²) >= 11 is 0. The van der Waals surface area contributed by atoms with Gasteiger partial charge in [-0.05, 0) is 44.9 Å². The number of rotatable bonds is 4. The lowest BCUT2D eigenvalue weighted by molar-refractivity contribution is 0.376. The summed E-state index contributed by atoms with van der Waals surface area (Å²) in [4.78, 5) is 0.368. The van der Waals surface area contributed by atoms with Crippen molar-refractivity contribution in [1.29, 1.82) is 0 Å². The highest BCUT2D eigenvalue weighted by molar-refractivity contribution is 7.89. The van der Waals surface area contributed by atoms with Crippen LogP contribution in [0.1, 0.15) is 37.1 Å². The molecule has 1 aliphatic heterocycles. The molecule has 0 amide bonds. The summed E-state index contributed by atoms with van der Waals surface area (Å²) in [5.41, 5.74) is 2.04. The fourth-order valence-electron chi connectivity index (χ4n) is 3.06. The number of aryl methyl sites for hydroxylation is 2. The first kappa shape index (κ1) is 15.2. The lowest BCUT2D eigenvalue weighted by Gasteiger charge is -2.24.